The van der Waals surface area contributed by atoms with E-state index >= 15 is 0 Å². The minimum absolute atomic E-state index is 0.111. The van der Waals surface area contributed by atoms with E-state index in [1.807, 2.05) is 0 Å². The second-order valence-corrected chi connectivity index (χ2v) is 5.13. The van der Waals surface area contributed by atoms with Crippen LogP contribution in [0, 0.1) is 11.8 Å². The Hall–Kier alpha value is -0.830. The van der Waals surface area contributed by atoms with Crippen LogP contribution in [-0.4, -0.2) is 30.4 Å². The van der Waals surface area contributed by atoms with Gasteiger partial charge in [0.15, 0.2) is 0 Å². The molecule has 1 fully saturated rings. The number of amides is 1. The molecule has 2 aliphatic rings. The normalized spacial score (nSPS) is 28.1. The Bertz CT molecular complexity index is 267. The Morgan fingerprint density at radius 3 is 2.56 bits per heavy atom. The van der Waals surface area contributed by atoms with Gasteiger partial charge in [-0.2, -0.15) is 0 Å². The molecule has 2 rings (SSSR count). The molecule has 0 spiro atoms. The zero-order valence-corrected chi connectivity index (χ0v) is 9.90. The third-order valence-electron chi connectivity index (χ3n) is 3.88. The third kappa shape index (κ3) is 3.08. The van der Waals surface area contributed by atoms with Crippen LogP contribution in [0.15, 0.2) is 12.2 Å². The van der Waals surface area contributed by atoms with E-state index in [9.17, 15) is 4.79 Å². The lowest BCUT2D eigenvalue weighted by Crippen LogP contribution is -2.40. The van der Waals surface area contributed by atoms with Gasteiger partial charge in [-0.05, 0) is 51.1 Å². The fourth-order valence-corrected chi connectivity index (χ4v) is 2.79. The summed E-state index contributed by atoms with van der Waals surface area (Å²) in [6, 6.07) is 0. The van der Waals surface area contributed by atoms with Crippen molar-refractivity contribution in [3.8, 4) is 0 Å². The number of carbonyl (C=O) groups excluding carboxylic acids is 1. The van der Waals surface area contributed by atoms with Crippen molar-refractivity contribution in [2.24, 2.45) is 17.6 Å². The number of carbonyl (C=O) groups is 1. The first kappa shape index (κ1) is 11.6. The number of likely N-dealkylation sites (tertiary alicyclic amines) is 1. The fourth-order valence-electron chi connectivity index (χ4n) is 2.79. The van der Waals surface area contributed by atoms with Crippen molar-refractivity contribution in [1.82, 2.24) is 4.90 Å². The van der Waals surface area contributed by atoms with Crippen LogP contribution in [0.25, 0.3) is 0 Å². The number of piperidine rings is 1. The molecule has 1 aliphatic heterocycles. The number of hydrogen-bond acceptors (Lipinski definition) is 2. The lowest BCUT2D eigenvalue weighted by atomic mass is 9.91. The Morgan fingerprint density at radius 2 is 2.00 bits per heavy atom. The molecule has 0 saturated carbocycles. The van der Waals surface area contributed by atoms with Gasteiger partial charge in [0.1, 0.15) is 0 Å². The van der Waals surface area contributed by atoms with Crippen LogP contribution in [0.2, 0.25) is 0 Å². The highest BCUT2D eigenvalue weighted by atomic mass is 16.1. The summed E-state index contributed by atoms with van der Waals surface area (Å²) in [4.78, 5) is 13.5. The maximum Gasteiger partial charge on any atom is 0.220 e. The van der Waals surface area contributed by atoms with Crippen molar-refractivity contribution >= 4 is 5.91 Å². The van der Waals surface area contributed by atoms with Crippen LogP contribution >= 0.6 is 0 Å². The summed E-state index contributed by atoms with van der Waals surface area (Å²) in [6.45, 7) is 3.30. The molecule has 1 amide bonds. The molecule has 0 aromatic rings. The molecule has 0 radical (unpaired) electrons. The molecule has 3 nitrogen and oxygen atoms in total. The first-order valence-corrected chi connectivity index (χ1v) is 6.42. The van der Waals surface area contributed by atoms with Crippen molar-refractivity contribution in [2.75, 3.05) is 19.6 Å². The van der Waals surface area contributed by atoms with Gasteiger partial charge in [0.05, 0.1) is 0 Å². The molecule has 1 aliphatic carbocycles. The van der Waals surface area contributed by atoms with Gasteiger partial charge >= 0.3 is 0 Å². The molecular weight excluding hydrogens is 200 g/mol. The van der Waals surface area contributed by atoms with E-state index in [1.165, 1.54) is 25.8 Å². The van der Waals surface area contributed by atoms with E-state index in [1.54, 1.807) is 0 Å². The Morgan fingerprint density at radius 1 is 1.25 bits per heavy atom. The summed E-state index contributed by atoms with van der Waals surface area (Å²) in [6.07, 6.45) is 10.3. The van der Waals surface area contributed by atoms with E-state index in [-0.39, 0.29) is 11.8 Å². The molecule has 90 valence electrons. The number of hydrogen-bond donors (Lipinski definition) is 1. The SMILES string of the molecule is NC(=O)C1CCN(CC2CC=CCC2)CC1. The fraction of sp³-hybridized carbons (Fsp3) is 0.769. The minimum atomic E-state index is -0.111. The highest BCUT2D eigenvalue weighted by Gasteiger charge is 2.24. The number of allylic oxidation sites excluding steroid dienone is 2. The second-order valence-electron chi connectivity index (χ2n) is 5.13. The Labute approximate surface area is 97.7 Å². The van der Waals surface area contributed by atoms with Crippen LogP contribution in [-0.2, 0) is 4.79 Å². The molecule has 1 unspecified atom stereocenters. The molecule has 0 aromatic carbocycles. The van der Waals surface area contributed by atoms with Crippen molar-refractivity contribution in [3.05, 3.63) is 12.2 Å². The summed E-state index contributed by atoms with van der Waals surface area (Å²) in [7, 11) is 0. The summed E-state index contributed by atoms with van der Waals surface area (Å²) in [5, 5.41) is 0. The minimum Gasteiger partial charge on any atom is -0.369 e. The van der Waals surface area contributed by atoms with Gasteiger partial charge in [0, 0.05) is 12.5 Å². The Balaban J connectivity index is 1.72. The average molecular weight is 222 g/mol. The van der Waals surface area contributed by atoms with Gasteiger partial charge < -0.3 is 10.6 Å². The summed E-state index contributed by atoms with van der Waals surface area (Å²) in [5.74, 6) is 0.845. The molecule has 1 heterocycles. The molecular formula is C13H22N2O. The Kier molecular flexibility index (Phi) is 3.99. The van der Waals surface area contributed by atoms with Gasteiger partial charge in [-0.1, -0.05) is 12.2 Å². The van der Waals surface area contributed by atoms with Gasteiger partial charge in [0.25, 0.3) is 0 Å². The number of nitrogens with two attached hydrogens (primary N) is 1. The van der Waals surface area contributed by atoms with Crippen LogP contribution in [0.4, 0.5) is 0 Å². The van der Waals surface area contributed by atoms with Crippen molar-refractivity contribution in [1.29, 1.82) is 0 Å². The van der Waals surface area contributed by atoms with Crippen LogP contribution in [0.5, 0.6) is 0 Å². The lowest BCUT2D eigenvalue weighted by molar-refractivity contribution is -0.123. The standard InChI is InChI=1S/C13H22N2O/c14-13(16)12-6-8-15(9-7-12)10-11-4-2-1-3-5-11/h1-2,11-12H,3-10H2,(H2,14,16). The summed E-state index contributed by atoms with van der Waals surface area (Å²) in [5.41, 5.74) is 5.33. The predicted octanol–water partition coefficient (Wildman–Crippen LogP) is 1.54. The van der Waals surface area contributed by atoms with Crippen molar-refractivity contribution in [3.63, 3.8) is 0 Å². The number of nitrogens with zero attached hydrogens (tertiary/aromatic N) is 1. The van der Waals surface area contributed by atoms with E-state index < -0.39 is 0 Å². The first-order valence-electron chi connectivity index (χ1n) is 6.42. The molecule has 0 aromatic heterocycles. The number of primary amides is 1. The lowest BCUT2D eigenvalue weighted by Gasteiger charge is -2.33. The molecule has 1 saturated heterocycles. The molecule has 3 heteroatoms. The monoisotopic (exact) mass is 222 g/mol. The maximum atomic E-state index is 11.0. The molecule has 16 heavy (non-hydrogen) atoms. The van der Waals surface area contributed by atoms with Crippen molar-refractivity contribution < 1.29 is 4.79 Å². The van der Waals surface area contributed by atoms with Crippen LogP contribution in [0.1, 0.15) is 32.1 Å². The highest BCUT2D eigenvalue weighted by Crippen LogP contribution is 2.22. The highest BCUT2D eigenvalue weighted by molar-refractivity contribution is 5.76. The van der Waals surface area contributed by atoms with Crippen LogP contribution < -0.4 is 5.73 Å². The average Bonchev–Trinajstić information content (AvgIpc) is 2.31. The van der Waals surface area contributed by atoms with E-state index in [0.29, 0.717) is 0 Å². The van der Waals surface area contributed by atoms with E-state index in [0.717, 1.165) is 31.8 Å². The van der Waals surface area contributed by atoms with Gasteiger partial charge in [-0.15, -0.1) is 0 Å². The molecule has 0 bridgehead atoms. The van der Waals surface area contributed by atoms with Gasteiger partial charge in [-0.25, -0.2) is 0 Å². The zero-order valence-electron chi connectivity index (χ0n) is 9.90. The smallest absolute Gasteiger partial charge is 0.220 e. The van der Waals surface area contributed by atoms with Gasteiger partial charge in [0.2, 0.25) is 5.91 Å². The van der Waals surface area contributed by atoms with Crippen LogP contribution in [0.3, 0.4) is 0 Å². The zero-order chi connectivity index (χ0) is 11.4. The van der Waals surface area contributed by atoms with Crippen molar-refractivity contribution in [2.45, 2.75) is 32.1 Å². The summed E-state index contributed by atoms with van der Waals surface area (Å²) >= 11 is 0. The third-order valence-corrected chi connectivity index (χ3v) is 3.88. The quantitative estimate of drug-likeness (QED) is 0.736. The molecule has 2 N–H and O–H groups in total. The predicted molar refractivity (Wildman–Crippen MR) is 64.8 cm³/mol. The maximum absolute atomic E-state index is 11.0. The summed E-state index contributed by atoms with van der Waals surface area (Å²) < 4.78 is 0. The van der Waals surface area contributed by atoms with Gasteiger partial charge in [-0.3, -0.25) is 4.79 Å². The second kappa shape index (κ2) is 5.48. The molecule has 1 atom stereocenters. The largest absolute Gasteiger partial charge is 0.369 e. The first-order chi connectivity index (χ1) is 7.75. The number of rotatable bonds is 3. The van der Waals surface area contributed by atoms with E-state index in [2.05, 4.69) is 17.1 Å². The van der Waals surface area contributed by atoms with E-state index in [4.69, 9.17) is 5.73 Å². The topological polar surface area (TPSA) is 46.3 Å².